The van der Waals surface area contributed by atoms with Crippen molar-refractivity contribution in [1.29, 1.82) is 0 Å². The second-order valence-corrected chi connectivity index (χ2v) is 4.69. The van der Waals surface area contributed by atoms with Gasteiger partial charge in [0, 0.05) is 24.0 Å². The van der Waals surface area contributed by atoms with E-state index in [0.29, 0.717) is 19.5 Å². The smallest absolute Gasteiger partial charge is 0.319 e. The fourth-order valence-corrected chi connectivity index (χ4v) is 2.23. The van der Waals surface area contributed by atoms with E-state index in [1.165, 1.54) is 0 Å². The number of thiazole rings is 1. The van der Waals surface area contributed by atoms with Crippen LogP contribution in [0.25, 0.3) is 0 Å². The number of rotatable bonds is 2. The number of aromatic nitrogens is 1. The van der Waals surface area contributed by atoms with Gasteiger partial charge < -0.3 is 4.90 Å². The second-order valence-electron chi connectivity index (χ2n) is 3.37. The Morgan fingerprint density at radius 1 is 1.60 bits per heavy atom. The number of amides is 3. The van der Waals surface area contributed by atoms with E-state index in [0.717, 1.165) is 9.88 Å². The van der Waals surface area contributed by atoms with Crippen molar-refractivity contribution in [3.8, 4) is 0 Å². The number of carbonyl (C=O) groups excluding carboxylic acids is 2. The Kier molecular flexibility index (Phi) is 2.68. The van der Waals surface area contributed by atoms with Gasteiger partial charge in [0.15, 0.2) is 0 Å². The van der Waals surface area contributed by atoms with Crippen molar-refractivity contribution in [2.24, 2.45) is 0 Å². The largest absolute Gasteiger partial charge is 0.324 e. The lowest BCUT2D eigenvalue weighted by atomic mass is 10.3. The molecule has 15 heavy (non-hydrogen) atoms. The molecule has 1 aromatic rings. The summed E-state index contributed by atoms with van der Waals surface area (Å²) in [5, 5.41) is 3.27. The van der Waals surface area contributed by atoms with Gasteiger partial charge in [0.1, 0.15) is 0 Å². The lowest BCUT2D eigenvalue weighted by Crippen LogP contribution is -2.48. The van der Waals surface area contributed by atoms with E-state index in [1.807, 2.05) is 6.92 Å². The Morgan fingerprint density at radius 2 is 2.40 bits per heavy atom. The van der Waals surface area contributed by atoms with Crippen LogP contribution in [0.5, 0.6) is 0 Å². The molecule has 80 valence electrons. The average Bonchev–Trinajstić information content (AvgIpc) is 2.56. The highest BCUT2D eigenvalue weighted by molar-refractivity contribution is 7.11. The van der Waals surface area contributed by atoms with Gasteiger partial charge in [-0.05, 0) is 6.92 Å². The number of urea groups is 1. The zero-order chi connectivity index (χ0) is 10.8. The quantitative estimate of drug-likeness (QED) is 0.813. The topological polar surface area (TPSA) is 62.3 Å². The summed E-state index contributed by atoms with van der Waals surface area (Å²) in [5.41, 5.74) is 0. The van der Waals surface area contributed by atoms with Crippen molar-refractivity contribution in [2.45, 2.75) is 19.9 Å². The minimum atomic E-state index is -0.308. The summed E-state index contributed by atoms with van der Waals surface area (Å²) in [6.07, 6.45) is 2.15. The van der Waals surface area contributed by atoms with Crippen LogP contribution in [-0.2, 0) is 11.3 Å². The summed E-state index contributed by atoms with van der Waals surface area (Å²) in [7, 11) is 0. The lowest BCUT2D eigenvalue weighted by Gasteiger charge is -2.25. The van der Waals surface area contributed by atoms with Crippen LogP contribution >= 0.6 is 11.3 Å². The molecule has 0 aromatic carbocycles. The highest BCUT2D eigenvalue weighted by Gasteiger charge is 2.23. The minimum absolute atomic E-state index is 0.197. The summed E-state index contributed by atoms with van der Waals surface area (Å²) < 4.78 is 0. The lowest BCUT2D eigenvalue weighted by molar-refractivity contribution is -0.121. The molecule has 0 unspecified atom stereocenters. The number of aryl methyl sites for hydroxylation is 1. The maximum Gasteiger partial charge on any atom is 0.324 e. The second kappa shape index (κ2) is 3.98. The highest BCUT2D eigenvalue weighted by atomic mass is 32.1. The molecule has 1 aromatic heterocycles. The first kappa shape index (κ1) is 10.1. The Labute approximate surface area is 91.1 Å². The first-order chi connectivity index (χ1) is 7.15. The fraction of sp³-hybridized carbons (Fsp3) is 0.444. The van der Waals surface area contributed by atoms with E-state index in [1.54, 1.807) is 22.4 Å². The van der Waals surface area contributed by atoms with E-state index in [2.05, 4.69) is 10.3 Å². The third kappa shape index (κ3) is 2.33. The van der Waals surface area contributed by atoms with Gasteiger partial charge in [-0.2, -0.15) is 0 Å². The van der Waals surface area contributed by atoms with Gasteiger partial charge in [-0.3, -0.25) is 10.1 Å². The fourth-order valence-electron chi connectivity index (χ4n) is 1.42. The average molecular weight is 225 g/mol. The van der Waals surface area contributed by atoms with Gasteiger partial charge in [0.05, 0.1) is 11.6 Å². The monoisotopic (exact) mass is 225 g/mol. The van der Waals surface area contributed by atoms with E-state index >= 15 is 0 Å². The van der Waals surface area contributed by atoms with Crippen LogP contribution in [0.4, 0.5) is 4.79 Å². The van der Waals surface area contributed by atoms with E-state index in [-0.39, 0.29) is 11.9 Å². The number of imide groups is 1. The summed E-state index contributed by atoms with van der Waals surface area (Å²) in [6, 6.07) is -0.308. The Morgan fingerprint density at radius 3 is 3.00 bits per heavy atom. The van der Waals surface area contributed by atoms with Crippen LogP contribution in [0.2, 0.25) is 0 Å². The summed E-state index contributed by atoms with van der Waals surface area (Å²) in [5.74, 6) is -0.197. The van der Waals surface area contributed by atoms with Crippen LogP contribution in [0.3, 0.4) is 0 Å². The maximum atomic E-state index is 11.4. The van der Waals surface area contributed by atoms with Gasteiger partial charge in [-0.25, -0.2) is 9.78 Å². The normalized spacial score (nSPS) is 16.7. The molecule has 1 saturated heterocycles. The van der Waals surface area contributed by atoms with Crippen molar-refractivity contribution in [3.63, 3.8) is 0 Å². The van der Waals surface area contributed by atoms with Gasteiger partial charge in [-0.15, -0.1) is 11.3 Å². The molecule has 2 heterocycles. The number of carbonyl (C=O) groups is 2. The predicted molar refractivity (Wildman–Crippen MR) is 55.4 cm³/mol. The third-order valence-electron chi connectivity index (χ3n) is 2.16. The molecule has 0 spiro atoms. The SMILES string of the molecule is Cc1ncc(CN2CCC(=O)NC2=O)s1. The van der Waals surface area contributed by atoms with Crippen LogP contribution in [-0.4, -0.2) is 28.4 Å². The number of nitrogens with one attached hydrogen (secondary N) is 1. The number of hydrogen-bond donors (Lipinski definition) is 1. The molecule has 6 heteroatoms. The maximum absolute atomic E-state index is 11.4. The predicted octanol–water partition coefficient (Wildman–Crippen LogP) is 0.893. The first-order valence-electron chi connectivity index (χ1n) is 4.65. The van der Waals surface area contributed by atoms with Crippen LogP contribution < -0.4 is 5.32 Å². The molecule has 1 aliphatic heterocycles. The molecule has 0 saturated carbocycles. The van der Waals surface area contributed by atoms with Crippen molar-refractivity contribution in [3.05, 3.63) is 16.1 Å². The molecule has 0 radical (unpaired) electrons. The third-order valence-corrected chi connectivity index (χ3v) is 3.06. The summed E-state index contributed by atoms with van der Waals surface area (Å²) in [4.78, 5) is 29.1. The standard InChI is InChI=1S/C9H11N3O2S/c1-6-10-4-7(15-6)5-12-3-2-8(13)11-9(12)14/h4H,2-3,5H2,1H3,(H,11,13,14). The molecule has 0 bridgehead atoms. The van der Waals surface area contributed by atoms with Crippen molar-refractivity contribution in [1.82, 2.24) is 15.2 Å². The molecule has 0 aliphatic carbocycles. The molecule has 3 amide bonds. The van der Waals surface area contributed by atoms with Gasteiger partial charge >= 0.3 is 6.03 Å². The molecule has 1 fully saturated rings. The molecule has 1 aliphatic rings. The zero-order valence-electron chi connectivity index (χ0n) is 8.32. The van der Waals surface area contributed by atoms with E-state index in [4.69, 9.17) is 0 Å². The summed E-state index contributed by atoms with van der Waals surface area (Å²) in [6.45, 7) is 2.94. The molecule has 0 atom stereocenters. The minimum Gasteiger partial charge on any atom is -0.319 e. The molecular formula is C9H11N3O2S. The number of nitrogens with zero attached hydrogens (tertiary/aromatic N) is 2. The molecular weight excluding hydrogens is 214 g/mol. The van der Waals surface area contributed by atoms with Crippen molar-refractivity contribution >= 4 is 23.3 Å². The zero-order valence-corrected chi connectivity index (χ0v) is 9.13. The Hall–Kier alpha value is -1.43. The van der Waals surface area contributed by atoms with E-state index < -0.39 is 0 Å². The van der Waals surface area contributed by atoms with Crippen molar-refractivity contribution < 1.29 is 9.59 Å². The molecule has 5 nitrogen and oxygen atoms in total. The van der Waals surface area contributed by atoms with Crippen LogP contribution in [0.1, 0.15) is 16.3 Å². The van der Waals surface area contributed by atoms with Crippen LogP contribution in [0.15, 0.2) is 6.20 Å². The van der Waals surface area contributed by atoms with Gasteiger partial charge in [-0.1, -0.05) is 0 Å². The van der Waals surface area contributed by atoms with Gasteiger partial charge in [0.2, 0.25) is 5.91 Å². The highest BCUT2D eigenvalue weighted by Crippen LogP contribution is 2.15. The van der Waals surface area contributed by atoms with Crippen LogP contribution in [0, 0.1) is 6.92 Å². The van der Waals surface area contributed by atoms with Crippen molar-refractivity contribution in [2.75, 3.05) is 6.54 Å². The molecule has 2 rings (SSSR count). The Bertz CT molecular complexity index is 402. The first-order valence-corrected chi connectivity index (χ1v) is 5.47. The number of hydrogen-bond acceptors (Lipinski definition) is 4. The summed E-state index contributed by atoms with van der Waals surface area (Å²) >= 11 is 1.57. The van der Waals surface area contributed by atoms with E-state index in [9.17, 15) is 9.59 Å². The van der Waals surface area contributed by atoms with Gasteiger partial charge in [0.25, 0.3) is 0 Å². The molecule has 1 N–H and O–H groups in total. The Balaban J connectivity index is 2.00.